The molecule has 1 amide bonds. The number of carbonyl (C=O) groups is 1. The van der Waals surface area contributed by atoms with Crippen LogP contribution < -0.4 is 11.1 Å². The lowest BCUT2D eigenvalue weighted by molar-refractivity contribution is -0.384. The van der Waals surface area contributed by atoms with Gasteiger partial charge in [0.25, 0.3) is 5.69 Å². The minimum Gasteiger partial charge on any atom is -0.366 e. The van der Waals surface area contributed by atoms with Gasteiger partial charge < -0.3 is 11.1 Å². The zero-order valence-corrected chi connectivity index (χ0v) is 10.1. The van der Waals surface area contributed by atoms with E-state index in [2.05, 4.69) is 11.2 Å². The average Bonchev–Trinajstić information content (AvgIpc) is 2.28. The first-order valence-electron chi connectivity index (χ1n) is 5.11. The first kappa shape index (κ1) is 13.5. The van der Waals surface area contributed by atoms with Gasteiger partial charge in [-0.2, -0.15) is 0 Å². The third kappa shape index (κ3) is 2.98. The van der Waals surface area contributed by atoms with Crippen LogP contribution in [-0.2, 0) is 0 Å². The number of terminal acetylenes is 1. The van der Waals surface area contributed by atoms with Crippen molar-refractivity contribution in [2.45, 2.75) is 19.4 Å². The largest absolute Gasteiger partial charge is 0.366 e. The second kappa shape index (κ2) is 4.75. The summed E-state index contributed by atoms with van der Waals surface area (Å²) in [5, 5.41) is 13.7. The van der Waals surface area contributed by atoms with Crippen molar-refractivity contribution in [3.05, 3.63) is 33.9 Å². The minimum absolute atomic E-state index is 0.164. The van der Waals surface area contributed by atoms with Crippen LogP contribution in [0.5, 0.6) is 0 Å². The second-order valence-electron chi connectivity index (χ2n) is 4.25. The molecule has 0 atom stereocenters. The molecule has 3 N–H and O–H groups in total. The fraction of sp³-hybridized carbons (Fsp3) is 0.250. The van der Waals surface area contributed by atoms with E-state index in [4.69, 9.17) is 12.2 Å². The zero-order chi connectivity index (χ0) is 13.9. The number of hydrogen-bond donors (Lipinski definition) is 2. The van der Waals surface area contributed by atoms with Gasteiger partial charge in [0.1, 0.15) is 5.69 Å². The van der Waals surface area contributed by atoms with Crippen LogP contribution in [0.15, 0.2) is 18.2 Å². The molecule has 0 radical (unpaired) electrons. The van der Waals surface area contributed by atoms with Gasteiger partial charge in [-0.25, -0.2) is 0 Å². The molecule has 18 heavy (non-hydrogen) atoms. The van der Waals surface area contributed by atoms with Crippen LogP contribution in [0.4, 0.5) is 11.4 Å². The monoisotopic (exact) mass is 247 g/mol. The highest BCUT2D eigenvalue weighted by Crippen LogP contribution is 2.27. The molecule has 0 aromatic heterocycles. The lowest BCUT2D eigenvalue weighted by Gasteiger charge is -2.21. The van der Waals surface area contributed by atoms with Crippen molar-refractivity contribution in [2.24, 2.45) is 5.73 Å². The van der Waals surface area contributed by atoms with Gasteiger partial charge in [-0.05, 0) is 26.0 Å². The summed E-state index contributed by atoms with van der Waals surface area (Å²) < 4.78 is 0. The molecule has 0 aliphatic heterocycles. The number of anilines is 1. The van der Waals surface area contributed by atoms with Crippen LogP contribution in [0.1, 0.15) is 24.2 Å². The van der Waals surface area contributed by atoms with Crippen LogP contribution in [0.3, 0.4) is 0 Å². The Morgan fingerprint density at radius 1 is 1.56 bits per heavy atom. The van der Waals surface area contributed by atoms with E-state index in [1.165, 1.54) is 18.2 Å². The number of carbonyl (C=O) groups excluding carboxylic acids is 1. The molecule has 0 spiro atoms. The molecule has 0 bridgehead atoms. The van der Waals surface area contributed by atoms with Gasteiger partial charge in [-0.1, -0.05) is 5.92 Å². The maximum atomic E-state index is 11.1. The van der Waals surface area contributed by atoms with E-state index < -0.39 is 16.4 Å². The maximum Gasteiger partial charge on any atom is 0.292 e. The number of nitro benzene ring substituents is 1. The maximum absolute atomic E-state index is 11.1. The predicted molar refractivity (Wildman–Crippen MR) is 68.1 cm³/mol. The highest BCUT2D eigenvalue weighted by Gasteiger charge is 2.21. The van der Waals surface area contributed by atoms with Crippen molar-refractivity contribution < 1.29 is 9.72 Å². The summed E-state index contributed by atoms with van der Waals surface area (Å²) in [5.74, 6) is 1.79. The van der Waals surface area contributed by atoms with E-state index in [0.29, 0.717) is 0 Å². The summed E-state index contributed by atoms with van der Waals surface area (Å²) in [7, 11) is 0. The number of benzene rings is 1. The highest BCUT2D eigenvalue weighted by atomic mass is 16.6. The Labute approximate surface area is 104 Å². The third-order valence-electron chi connectivity index (χ3n) is 2.29. The lowest BCUT2D eigenvalue weighted by atomic mass is 10.1. The number of primary amides is 1. The summed E-state index contributed by atoms with van der Waals surface area (Å²) in [6.45, 7) is 3.38. The SMILES string of the molecule is C#CC(C)(C)Nc1cc(C(N)=O)ccc1[N+](=O)[O-]. The number of rotatable bonds is 4. The lowest BCUT2D eigenvalue weighted by Crippen LogP contribution is -2.29. The van der Waals surface area contributed by atoms with Gasteiger partial charge in [0.05, 0.1) is 10.5 Å². The van der Waals surface area contributed by atoms with Gasteiger partial charge in [0.2, 0.25) is 5.91 Å². The van der Waals surface area contributed by atoms with Crippen molar-refractivity contribution in [1.29, 1.82) is 0 Å². The first-order chi connectivity index (χ1) is 8.26. The Bertz CT molecular complexity index is 544. The third-order valence-corrected chi connectivity index (χ3v) is 2.29. The Morgan fingerprint density at radius 3 is 2.61 bits per heavy atom. The van der Waals surface area contributed by atoms with Crippen LogP contribution in [0.25, 0.3) is 0 Å². The Balaban J connectivity index is 3.29. The molecule has 0 saturated heterocycles. The molecule has 94 valence electrons. The van der Waals surface area contributed by atoms with Crippen molar-refractivity contribution in [3.63, 3.8) is 0 Å². The average molecular weight is 247 g/mol. The van der Waals surface area contributed by atoms with Crippen molar-refractivity contribution >= 4 is 17.3 Å². The fourth-order valence-electron chi connectivity index (χ4n) is 1.32. The summed E-state index contributed by atoms with van der Waals surface area (Å²) in [6, 6.07) is 3.84. The molecule has 0 fully saturated rings. The number of hydrogen-bond acceptors (Lipinski definition) is 4. The molecule has 1 aromatic rings. The van der Waals surface area contributed by atoms with E-state index in [1.807, 2.05) is 0 Å². The van der Waals surface area contributed by atoms with E-state index in [9.17, 15) is 14.9 Å². The summed E-state index contributed by atoms with van der Waals surface area (Å²) in [5.41, 5.74) is 4.53. The molecule has 1 rings (SSSR count). The van der Waals surface area contributed by atoms with Crippen LogP contribution in [-0.4, -0.2) is 16.4 Å². The van der Waals surface area contributed by atoms with Crippen molar-refractivity contribution in [3.8, 4) is 12.3 Å². The zero-order valence-electron chi connectivity index (χ0n) is 10.1. The fourth-order valence-corrected chi connectivity index (χ4v) is 1.32. The molecule has 0 unspecified atom stereocenters. The number of nitrogens with zero attached hydrogens (tertiary/aromatic N) is 1. The molecule has 0 aliphatic rings. The smallest absolute Gasteiger partial charge is 0.292 e. The number of amides is 1. The normalized spacial score (nSPS) is 10.5. The Hall–Kier alpha value is -2.55. The summed E-state index contributed by atoms with van der Waals surface area (Å²) >= 11 is 0. The van der Waals surface area contributed by atoms with Gasteiger partial charge in [0.15, 0.2) is 0 Å². The molecule has 0 saturated carbocycles. The van der Waals surface area contributed by atoms with Gasteiger partial charge >= 0.3 is 0 Å². The quantitative estimate of drug-likeness (QED) is 0.478. The molecule has 6 nitrogen and oxygen atoms in total. The van der Waals surface area contributed by atoms with Crippen LogP contribution in [0.2, 0.25) is 0 Å². The number of nitro groups is 1. The highest BCUT2D eigenvalue weighted by molar-refractivity contribution is 5.94. The second-order valence-corrected chi connectivity index (χ2v) is 4.25. The summed E-state index contributed by atoms with van der Waals surface area (Å²) in [6.07, 6.45) is 5.30. The standard InChI is InChI=1S/C12H13N3O3/c1-4-12(2,3)14-9-7-8(11(13)16)5-6-10(9)15(17)18/h1,5-7,14H,2-3H3,(H2,13,16). The molecular weight excluding hydrogens is 234 g/mol. The molecular formula is C12H13N3O3. The van der Waals surface area contributed by atoms with E-state index in [0.717, 1.165) is 0 Å². The summed E-state index contributed by atoms with van der Waals surface area (Å²) in [4.78, 5) is 21.4. The predicted octanol–water partition coefficient (Wildman–Crippen LogP) is 1.52. The van der Waals surface area contributed by atoms with Crippen molar-refractivity contribution in [1.82, 2.24) is 0 Å². The molecule has 6 heteroatoms. The first-order valence-corrected chi connectivity index (χ1v) is 5.11. The Morgan fingerprint density at radius 2 is 2.17 bits per heavy atom. The van der Waals surface area contributed by atoms with Crippen LogP contribution >= 0.6 is 0 Å². The Kier molecular flexibility index (Phi) is 3.57. The van der Waals surface area contributed by atoms with Gasteiger partial charge in [-0.15, -0.1) is 6.42 Å². The minimum atomic E-state index is -0.777. The van der Waals surface area contributed by atoms with E-state index in [-0.39, 0.29) is 16.9 Å². The van der Waals surface area contributed by atoms with E-state index >= 15 is 0 Å². The molecule has 0 heterocycles. The molecule has 0 aliphatic carbocycles. The molecule has 1 aromatic carbocycles. The number of nitrogens with one attached hydrogen (secondary N) is 1. The van der Waals surface area contributed by atoms with Gasteiger partial charge in [-0.3, -0.25) is 14.9 Å². The van der Waals surface area contributed by atoms with Crippen LogP contribution in [0, 0.1) is 22.5 Å². The van der Waals surface area contributed by atoms with Crippen molar-refractivity contribution in [2.75, 3.05) is 5.32 Å². The topological polar surface area (TPSA) is 98.3 Å². The number of nitrogens with two attached hydrogens (primary N) is 1. The van der Waals surface area contributed by atoms with Gasteiger partial charge in [0, 0.05) is 11.6 Å². The van der Waals surface area contributed by atoms with E-state index in [1.54, 1.807) is 13.8 Å².